The van der Waals surface area contributed by atoms with Crippen molar-refractivity contribution in [2.24, 2.45) is 7.05 Å². The zero-order valence-corrected chi connectivity index (χ0v) is 12.8. The molecule has 1 aliphatic rings. The predicted octanol–water partition coefficient (Wildman–Crippen LogP) is 2.43. The summed E-state index contributed by atoms with van der Waals surface area (Å²) in [6, 6.07) is 6.59. The first-order valence-corrected chi connectivity index (χ1v) is 7.43. The molecular weight excluding hydrogens is 306 g/mol. The quantitative estimate of drug-likeness (QED) is 0.942. The smallest absolute Gasteiger partial charge is 0.116 e. The van der Waals surface area contributed by atoms with Gasteiger partial charge in [0.1, 0.15) is 5.82 Å². The van der Waals surface area contributed by atoms with Gasteiger partial charge < -0.3 is 14.6 Å². The Morgan fingerprint density at radius 1 is 1.47 bits per heavy atom. The van der Waals surface area contributed by atoms with Gasteiger partial charge in [0, 0.05) is 17.6 Å². The third kappa shape index (κ3) is 2.30. The minimum absolute atomic E-state index is 0.330. The zero-order valence-electron chi connectivity index (χ0n) is 11.2. The third-order valence-electron chi connectivity index (χ3n) is 3.76. The number of halogens is 1. The summed E-state index contributed by atoms with van der Waals surface area (Å²) in [5, 5.41) is 3.49. The molecular formula is C14H18BrN3O. The fourth-order valence-electron chi connectivity index (χ4n) is 2.80. The van der Waals surface area contributed by atoms with Gasteiger partial charge in [-0.3, -0.25) is 0 Å². The molecule has 1 aromatic heterocycles. The van der Waals surface area contributed by atoms with Gasteiger partial charge in [-0.1, -0.05) is 22.9 Å². The van der Waals surface area contributed by atoms with E-state index in [9.17, 15) is 0 Å². The van der Waals surface area contributed by atoms with E-state index < -0.39 is 0 Å². The molecule has 2 heterocycles. The molecule has 3 rings (SSSR count). The molecule has 0 bridgehead atoms. The number of ether oxygens (including phenoxy) is 1. The number of aromatic nitrogens is 2. The molecule has 0 aliphatic carbocycles. The fourth-order valence-corrected chi connectivity index (χ4v) is 3.14. The van der Waals surface area contributed by atoms with Crippen molar-refractivity contribution in [2.75, 3.05) is 19.8 Å². The number of nitrogens with one attached hydrogen (secondary N) is 1. The Hall–Kier alpha value is -0.910. The van der Waals surface area contributed by atoms with Crippen molar-refractivity contribution in [3.63, 3.8) is 0 Å². The number of likely N-dealkylation sites (N-methyl/N-ethyl adjacent to an activating group) is 1. The number of aryl methyl sites for hydroxylation is 1. The number of rotatable bonds is 3. The molecule has 1 aromatic carbocycles. The molecule has 0 radical (unpaired) electrons. The molecule has 2 aromatic rings. The van der Waals surface area contributed by atoms with Crippen molar-refractivity contribution in [2.45, 2.75) is 18.9 Å². The van der Waals surface area contributed by atoms with Crippen molar-refractivity contribution in [3.8, 4) is 0 Å². The Balaban J connectivity index is 2.02. The van der Waals surface area contributed by atoms with Crippen molar-refractivity contribution >= 4 is 27.0 Å². The SMILES string of the molecule is CCNC1COCC1c1nc2cc(Br)ccc2n1C. The summed E-state index contributed by atoms with van der Waals surface area (Å²) in [6.45, 7) is 4.60. The van der Waals surface area contributed by atoms with Crippen LogP contribution in [0.5, 0.6) is 0 Å². The molecule has 1 saturated heterocycles. The largest absolute Gasteiger partial charge is 0.379 e. The standard InChI is InChI=1S/C14H18BrN3O/c1-3-16-12-8-19-7-10(12)14-17-11-6-9(15)4-5-13(11)18(14)2/h4-6,10,12,16H,3,7-8H2,1-2H3. The lowest BCUT2D eigenvalue weighted by Crippen LogP contribution is -2.35. The number of hydrogen-bond donors (Lipinski definition) is 1. The Labute approximate surface area is 121 Å². The van der Waals surface area contributed by atoms with Gasteiger partial charge in [-0.05, 0) is 24.7 Å². The van der Waals surface area contributed by atoms with Crippen LogP contribution in [0.3, 0.4) is 0 Å². The first-order valence-electron chi connectivity index (χ1n) is 6.63. The van der Waals surface area contributed by atoms with Crippen LogP contribution < -0.4 is 5.32 Å². The van der Waals surface area contributed by atoms with Gasteiger partial charge in [0.05, 0.1) is 30.2 Å². The van der Waals surface area contributed by atoms with Crippen molar-refractivity contribution in [3.05, 3.63) is 28.5 Å². The first-order chi connectivity index (χ1) is 9.20. The van der Waals surface area contributed by atoms with Gasteiger partial charge >= 0.3 is 0 Å². The number of nitrogens with zero attached hydrogens (tertiary/aromatic N) is 2. The monoisotopic (exact) mass is 323 g/mol. The second-order valence-corrected chi connectivity index (χ2v) is 5.89. The highest BCUT2D eigenvalue weighted by molar-refractivity contribution is 9.10. The normalized spacial score (nSPS) is 23.3. The van der Waals surface area contributed by atoms with Crippen molar-refractivity contribution in [1.82, 2.24) is 14.9 Å². The van der Waals surface area contributed by atoms with Crippen LogP contribution >= 0.6 is 15.9 Å². The molecule has 19 heavy (non-hydrogen) atoms. The summed E-state index contributed by atoms with van der Waals surface area (Å²) in [4.78, 5) is 4.80. The molecule has 0 saturated carbocycles. The van der Waals surface area contributed by atoms with E-state index in [0.29, 0.717) is 12.0 Å². The zero-order chi connectivity index (χ0) is 13.4. The van der Waals surface area contributed by atoms with Crippen LogP contribution in [0.2, 0.25) is 0 Å². The third-order valence-corrected chi connectivity index (χ3v) is 4.25. The highest BCUT2D eigenvalue weighted by atomic mass is 79.9. The molecule has 102 valence electrons. The molecule has 4 nitrogen and oxygen atoms in total. The molecule has 0 amide bonds. The number of hydrogen-bond acceptors (Lipinski definition) is 3. The molecule has 1 aliphatic heterocycles. The molecule has 2 unspecified atom stereocenters. The highest BCUT2D eigenvalue weighted by Crippen LogP contribution is 2.28. The molecule has 1 N–H and O–H groups in total. The summed E-state index contributed by atoms with van der Waals surface area (Å²) >= 11 is 3.50. The van der Waals surface area contributed by atoms with Crippen LogP contribution in [0.1, 0.15) is 18.7 Å². The van der Waals surface area contributed by atoms with Gasteiger partial charge in [-0.15, -0.1) is 0 Å². The maximum atomic E-state index is 5.63. The van der Waals surface area contributed by atoms with E-state index in [1.807, 2.05) is 0 Å². The second kappa shape index (κ2) is 5.23. The number of imidazole rings is 1. The van der Waals surface area contributed by atoms with E-state index >= 15 is 0 Å². The summed E-state index contributed by atoms with van der Waals surface area (Å²) in [7, 11) is 2.08. The van der Waals surface area contributed by atoms with Gasteiger partial charge in [0.15, 0.2) is 0 Å². The maximum Gasteiger partial charge on any atom is 0.116 e. The van der Waals surface area contributed by atoms with Crippen molar-refractivity contribution < 1.29 is 4.74 Å². The summed E-state index contributed by atoms with van der Waals surface area (Å²) in [6.07, 6.45) is 0. The summed E-state index contributed by atoms with van der Waals surface area (Å²) < 4.78 is 8.88. The van der Waals surface area contributed by atoms with Gasteiger partial charge in [0.25, 0.3) is 0 Å². The average Bonchev–Trinajstić information content (AvgIpc) is 2.95. The fraction of sp³-hybridized carbons (Fsp3) is 0.500. The van der Waals surface area contributed by atoms with Crippen LogP contribution in [0.15, 0.2) is 22.7 Å². The van der Waals surface area contributed by atoms with E-state index in [-0.39, 0.29) is 0 Å². The van der Waals surface area contributed by atoms with Gasteiger partial charge in [-0.2, -0.15) is 0 Å². The molecule has 1 fully saturated rings. The van der Waals surface area contributed by atoms with E-state index in [4.69, 9.17) is 9.72 Å². The Kier molecular flexibility index (Phi) is 3.60. The molecule has 2 atom stereocenters. The molecule has 5 heteroatoms. The van der Waals surface area contributed by atoms with Crippen LogP contribution in [0, 0.1) is 0 Å². The van der Waals surface area contributed by atoms with E-state index in [1.165, 1.54) is 5.52 Å². The highest BCUT2D eigenvalue weighted by Gasteiger charge is 2.32. The van der Waals surface area contributed by atoms with Crippen LogP contribution in [-0.2, 0) is 11.8 Å². The van der Waals surface area contributed by atoms with Gasteiger partial charge in [0.2, 0.25) is 0 Å². The van der Waals surface area contributed by atoms with E-state index in [0.717, 1.165) is 35.6 Å². The molecule has 0 spiro atoms. The first kappa shape index (κ1) is 13.1. The van der Waals surface area contributed by atoms with E-state index in [2.05, 4.69) is 58.0 Å². The summed E-state index contributed by atoms with van der Waals surface area (Å²) in [5.41, 5.74) is 2.20. The minimum atomic E-state index is 0.330. The summed E-state index contributed by atoms with van der Waals surface area (Å²) in [5.74, 6) is 1.44. The average molecular weight is 324 g/mol. The lowest BCUT2D eigenvalue weighted by Gasteiger charge is -2.17. The number of benzene rings is 1. The lowest BCUT2D eigenvalue weighted by molar-refractivity contribution is 0.187. The lowest BCUT2D eigenvalue weighted by atomic mass is 10.0. The van der Waals surface area contributed by atoms with Crippen LogP contribution in [-0.4, -0.2) is 35.4 Å². The Morgan fingerprint density at radius 2 is 2.32 bits per heavy atom. The predicted molar refractivity (Wildman–Crippen MR) is 79.4 cm³/mol. The topological polar surface area (TPSA) is 39.1 Å². The van der Waals surface area contributed by atoms with Crippen LogP contribution in [0.4, 0.5) is 0 Å². The Morgan fingerprint density at radius 3 is 3.11 bits per heavy atom. The van der Waals surface area contributed by atoms with Gasteiger partial charge in [-0.25, -0.2) is 4.98 Å². The van der Waals surface area contributed by atoms with E-state index in [1.54, 1.807) is 0 Å². The minimum Gasteiger partial charge on any atom is -0.379 e. The van der Waals surface area contributed by atoms with Crippen LogP contribution in [0.25, 0.3) is 11.0 Å². The number of fused-ring (bicyclic) bond motifs is 1. The Bertz CT molecular complexity index is 596. The second-order valence-electron chi connectivity index (χ2n) is 4.97. The van der Waals surface area contributed by atoms with Crippen molar-refractivity contribution in [1.29, 1.82) is 0 Å². The maximum absolute atomic E-state index is 5.63.